The first kappa shape index (κ1) is 60.5. The molecule has 1 aromatic rings. The van der Waals surface area contributed by atoms with Crippen LogP contribution in [0.1, 0.15) is 62.7 Å². The third-order valence-corrected chi connectivity index (χ3v) is 16.0. The number of rotatable bonds is 28. The summed E-state index contributed by atoms with van der Waals surface area (Å²) in [5.41, 5.74) is 0.306. The molecular formula is C47H94O14Si6. The lowest BCUT2D eigenvalue weighted by Crippen LogP contribution is -2.69. The fraction of sp³-hybridized carbons (Fsp3) is 0.851. The van der Waals surface area contributed by atoms with Crippen molar-refractivity contribution in [2.75, 3.05) is 26.4 Å². The number of ether oxygens (including phenoxy) is 6. The van der Waals surface area contributed by atoms with Crippen LogP contribution in [0.25, 0.3) is 0 Å². The van der Waals surface area contributed by atoms with E-state index in [1.165, 1.54) is 0 Å². The zero-order chi connectivity index (χ0) is 50.8. The number of aliphatic hydroxyl groups is 1. The number of hydrogen-bond donors (Lipinski definition) is 1. The molecule has 0 unspecified atom stereocenters. The molecule has 0 amide bonds. The molecule has 1 aromatic carbocycles. The maximum absolute atomic E-state index is 14.3. The normalized spacial score (nSPS) is 26.9. The van der Waals surface area contributed by atoms with Gasteiger partial charge in [-0.2, -0.15) is 0 Å². The molecule has 1 N–H and O–H groups in total. The Morgan fingerprint density at radius 1 is 0.493 bits per heavy atom. The van der Waals surface area contributed by atoms with Crippen LogP contribution in [0.4, 0.5) is 0 Å². The van der Waals surface area contributed by atoms with E-state index in [1.807, 2.05) is 6.07 Å². The molecule has 0 aliphatic carbocycles. The van der Waals surface area contributed by atoms with Crippen molar-refractivity contribution in [3.05, 3.63) is 23.8 Å². The lowest BCUT2D eigenvalue weighted by atomic mass is 9.98. The first-order chi connectivity index (χ1) is 30.7. The minimum Gasteiger partial charge on any atom is -0.493 e. The van der Waals surface area contributed by atoms with Crippen molar-refractivity contribution in [3.63, 3.8) is 0 Å². The van der Waals surface area contributed by atoms with E-state index < -0.39 is 117 Å². The molecule has 0 bridgehead atoms. The lowest BCUT2D eigenvalue weighted by molar-refractivity contribution is -0.368. The van der Waals surface area contributed by atoms with Crippen molar-refractivity contribution in [1.29, 1.82) is 0 Å². The summed E-state index contributed by atoms with van der Waals surface area (Å²) in [7, 11) is -13.9. The van der Waals surface area contributed by atoms with E-state index in [-0.39, 0.29) is 13.2 Å². The largest absolute Gasteiger partial charge is 0.493 e. The number of hydrogen-bond acceptors (Lipinski definition) is 14. The molecule has 10 atom stereocenters. The van der Waals surface area contributed by atoms with Gasteiger partial charge < -0.3 is 60.1 Å². The Kier molecular flexibility index (Phi) is 23.2. The van der Waals surface area contributed by atoms with Crippen molar-refractivity contribution in [3.8, 4) is 11.5 Å². The quantitative estimate of drug-likeness (QED) is 0.0482. The molecule has 390 valence electrons. The molecule has 2 heterocycles. The molecular weight excluding hydrogens is 957 g/mol. The lowest BCUT2D eigenvalue weighted by Gasteiger charge is -2.53. The van der Waals surface area contributed by atoms with Crippen molar-refractivity contribution >= 4 is 55.9 Å². The predicted molar refractivity (Wildman–Crippen MR) is 282 cm³/mol. The van der Waals surface area contributed by atoms with E-state index in [1.54, 1.807) is 12.1 Å². The summed E-state index contributed by atoms with van der Waals surface area (Å²) in [6.45, 7) is 43.0. The number of aliphatic hydroxyl groups excluding tert-OH is 1. The van der Waals surface area contributed by atoms with Crippen LogP contribution in [0.2, 0.25) is 118 Å². The molecule has 0 spiro atoms. The van der Waals surface area contributed by atoms with Gasteiger partial charge in [-0.3, -0.25) is 0 Å². The minimum absolute atomic E-state index is 0.180. The molecule has 2 saturated heterocycles. The van der Waals surface area contributed by atoms with E-state index in [2.05, 4.69) is 132 Å². The summed E-state index contributed by atoms with van der Waals surface area (Å²) in [5.74, 6) is 0.537. The van der Waals surface area contributed by atoms with Gasteiger partial charge in [-0.1, -0.05) is 39.5 Å². The number of unbranched alkanes of at least 4 members (excludes halogenated alkanes) is 4. The maximum Gasteiger partial charge on any atom is 0.338 e. The highest BCUT2D eigenvalue weighted by Crippen LogP contribution is 2.39. The van der Waals surface area contributed by atoms with E-state index in [4.69, 9.17) is 55.0 Å². The average molecular weight is 1050 g/mol. The van der Waals surface area contributed by atoms with Gasteiger partial charge in [0.2, 0.25) is 0 Å². The van der Waals surface area contributed by atoms with E-state index in [0.717, 1.165) is 38.5 Å². The Bertz CT molecular complexity index is 1600. The first-order valence-electron chi connectivity index (χ1n) is 24.9. The molecule has 0 saturated carbocycles. The highest BCUT2D eigenvalue weighted by atomic mass is 28.4. The molecule has 67 heavy (non-hydrogen) atoms. The van der Waals surface area contributed by atoms with E-state index in [0.29, 0.717) is 30.3 Å². The standard InChI is InChI=1S/C47H94O14Si6/c1-21-23-25-27-50-35-29-34(30-36(31-35)51-28-26-24-22-2)45(49)52-33-38-40(57-63(6,7)8)42(59-65(12,13)14)44(61-67(18,19)20)47(54-38)55-46-43(60-66(15,16)17)41(58-64(9,10)11)39(37(32-48)53-46)56-62(3,4)5/h29-31,37-44,46-48H,21-28,32-33H2,1-20H3/t37-,38-,39-,40-,41+,42+,43-,44-,46-,47-/m1/s1. The maximum atomic E-state index is 14.3. The monoisotopic (exact) mass is 1050 g/mol. The third kappa shape index (κ3) is 22.2. The Balaban J connectivity index is 2.19. The Hall–Kier alpha value is -0.809. The predicted octanol–water partition coefficient (Wildman–Crippen LogP) is 10.8. The van der Waals surface area contributed by atoms with Gasteiger partial charge in [-0.05, 0) is 143 Å². The van der Waals surface area contributed by atoms with Crippen LogP contribution in [-0.2, 0) is 45.5 Å². The van der Waals surface area contributed by atoms with Gasteiger partial charge in [0.05, 0.1) is 25.4 Å². The molecule has 3 rings (SSSR count). The van der Waals surface area contributed by atoms with Crippen molar-refractivity contribution in [2.45, 2.75) is 232 Å². The summed E-state index contributed by atoms with van der Waals surface area (Å²) in [5, 5.41) is 11.0. The van der Waals surface area contributed by atoms with Gasteiger partial charge in [0, 0.05) is 6.07 Å². The number of carbonyl (C=O) groups is 1. The second-order valence-corrected chi connectivity index (χ2v) is 50.7. The molecule has 2 fully saturated rings. The first-order valence-corrected chi connectivity index (χ1v) is 45.4. The molecule has 0 radical (unpaired) electrons. The highest BCUT2D eigenvalue weighted by molar-refractivity contribution is 6.71. The van der Waals surface area contributed by atoms with Crippen LogP contribution < -0.4 is 9.47 Å². The Morgan fingerprint density at radius 2 is 0.836 bits per heavy atom. The fourth-order valence-corrected chi connectivity index (χ4v) is 14.3. The fourth-order valence-electron chi connectivity index (χ4n) is 7.82. The summed E-state index contributed by atoms with van der Waals surface area (Å²) < 4.78 is 81.6. The summed E-state index contributed by atoms with van der Waals surface area (Å²) in [4.78, 5) is 14.3. The van der Waals surface area contributed by atoms with Crippen LogP contribution in [0.15, 0.2) is 18.2 Å². The van der Waals surface area contributed by atoms with Crippen LogP contribution in [0.3, 0.4) is 0 Å². The smallest absolute Gasteiger partial charge is 0.338 e. The minimum atomic E-state index is -2.38. The molecule has 14 nitrogen and oxygen atoms in total. The van der Waals surface area contributed by atoms with E-state index >= 15 is 0 Å². The Morgan fingerprint density at radius 3 is 1.19 bits per heavy atom. The SMILES string of the molecule is CCCCCOc1cc(OCCCCC)cc(C(=O)OC[C@H]2O[C@H](O[C@H]3O[C@H](CO)[C@@H](O[Si](C)(C)C)[C@H](O[Si](C)(C)C)[C@H]3O[Si](C)(C)C)[C@H](O[Si](C)(C)C)[C@@H](O[Si](C)(C)C)[C@@H]2O[Si](C)(C)C)c1. The van der Waals surface area contributed by atoms with Gasteiger partial charge in [0.15, 0.2) is 62.5 Å². The van der Waals surface area contributed by atoms with Crippen LogP contribution in [0, 0.1) is 0 Å². The van der Waals surface area contributed by atoms with Crippen LogP contribution in [0.5, 0.6) is 11.5 Å². The van der Waals surface area contributed by atoms with Gasteiger partial charge in [-0.15, -0.1) is 0 Å². The number of esters is 1. The number of carbonyl (C=O) groups excluding carboxylic acids is 1. The second-order valence-electron chi connectivity index (χ2n) is 24.0. The molecule has 0 aromatic heterocycles. The summed E-state index contributed by atoms with van der Waals surface area (Å²) >= 11 is 0. The van der Waals surface area contributed by atoms with Gasteiger partial charge >= 0.3 is 5.97 Å². The second kappa shape index (κ2) is 25.7. The van der Waals surface area contributed by atoms with Crippen molar-refractivity contribution < 1.29 is 64.9 Å². The summed E-state index contributed by atoms with van der Waals surface area (Å²) in [6.07, 6.45) is -1.95. The van der Waals surface area contributed by atoms with Gasteiger partial charge in [0.1, 0.15) is 66.9 Å². The molecule has 2 aliphatic rings. The summed E-state index contributed by atoms with van der Waals surface area (Å²) in [6, 6.07) is 5.25. The van der Waals surface area contributed by atoms with Crippen LogP contribution >= 0.6 is 0 Å². The van der Waals surface area contributed by atoms with Crippen molar-refractivity contribution in [1.82, 2.24) is 0 Å². The zero-order valence-electron chi connectivity index (χ0n) is 45.3. The Labute approximate surface area is 412 Å². The highest BCUT2D eigenvalue weighted by Gasteiger charge is 2.57. The van der Waals surface area contributed by atoms with Gasteiger partial charge in [0.25, 0.3) is 0 Å². The third-order valence-electron chi connectivity index (χ3n) is 10.1. The average Bonchev–Trinajstić information content (AvgIpc) is 3.15. The van der Waals surface area contributed by atoms with Crippen LogP contribution in [-0.4, -0.2) is 149 Å². The molecule has 2 aliphatic heterocycles. The molecule has 20 heteroatoms. The number of benzene rings is 1. The zero-order valence-corrected chi connectivity index (χ0v) is 51.3. The topological polar surface area (TPSA) is 148 Å². The van der Waals surface area contributed by atoms with Gasteiger partial charge in [-0.25, -0.2) is 4.79 Å². The van der Waals surface area contributed by atoms with Crippen molar-refractivity contribution in [2.24, 2.45) is 0 Å². The van der Waals surface area contributed by atoms with E-state index in [9.17, 15) is 9.90 Å².